The van der Waals surface area contributed by atoms with Crippen molar-refractivity contribution in [2.24, 2.45) is 0 Å². The molecule has 8 aromatic rings. The Morgan fingerprint density at radius 2 is 0.929 bits per heavy atom. The fourth-order valence-electron chi connectivity index (χ4n) is 8.22. The quantitative estimate of drug-likeness (QED) is 0.169. The number of fused-ring (bicyclic) bond motifs is 3. The van der Waals surface area contributed by atoms with Crippen LogP contribution in [0.1, 0.15) is 33.9 Å². The Kier molecular flexibility index (Phi) is 8.68. The topological polar surface area (TPSA) is 18.5 Å². The van der Waals surface area contributed by atoms with Gasteiger partial charge in [-0.1, -0.05) is 188 Å². The third-order valence-electron chi connectivity index (χ3n) is 10.9. The summed E-state index contributed by atoms with van der Waals surface area (Å²) in [4.78, 5) is 2.43. The van der Waals surface area contributed by atoms with Crippen LogP contribution in [0.25, 0.3) is 45.3 Å². The number of hydrogen-bond donors (Lipinski definition) is 1. The molecule has 1 unspecified atom stereocenters. The molecule has 2 heterocycles. The number of rotatable bonds is 8. The highest BCUT2D eigenvalue weighted by Crippen LogP contribution is 2.52. The van der Waals surface area contributed by atoms with Crippen molar-refractivity contribution < 1.29 is 0 Å². The van der Waals surface area contributed by atoms with Gasteiger partial charge in [-0.05, 0) is 75.4 Å². The van der Waals surface area contributed by atoms with E-state index in [1.165, 1.54) is 55.8 Å². The number of hydrazine groups is 1. The minimum atomic E-state index is -0.0560. The number of hydrogen-bond acceptors (Lipinski definition) is 3. The molecule has 266 valence electrons. The van der Waals surface area contributed by atoms with Crippen LogP contribution in [0, 0.1) is 0 Å². The first-order valence-electron chi connectivity index (χ1n) is 19.2. The van der Waals surface area contributed by atoms with Crippen LogP contribution in [0.15, 0.2) is 218 Å². The average Bonchev–Trinajstić information content (AvgIpc) is 3.69. The second-order valence-electron chi connectivity index (χ2n) is 14.2. The largest absolute Gasteiger partial charge is 0.310 e. The zero-order chi connectivity index (χ0) is 37.3. The van der Waals surface area contributed by atoms with Gasteiger partial charge in [0.05, 0.1) is 23.1 Å². The molecule has 0 saturated carbocycles. The Bertz CT molecular complexity index is 2690. The standard InChI is InChI=1S/C53H39N3/c1-6-18-38(19-7-1)40-32-34-45(35-33-40)55(46-29-16-28-44(36-46)39-20-8-2-9-21-39)49-31-17-30-47-48(49)37-50(41-22-10-3-11-23-41)56-53(47)51(42-24-12-4-13-25-42)52(54-56)43-26-14-5-15-27-43/h1-37,52,54H. The Labute approximate surface area is 328 Å². The van der Waals surface area contributed by atoms with E-state index in [1.54, 1.807) is 0 Å². The number of anilines is 3. The second kappa shape index (κ2) is 14.6. The van der Waals surface area contributed by atoms with Crippen molar-refractivity contribution in [1.29, 1.82) is 0 Å². The summed E-state index contributed by atoms with van der Waals surface area (Å²) in [6.45, 7) is 0. The highest BCUT2D eigenvalue weighted by atomic mass is 15.6. The van der Waals surface area contributed by atoms with E-state index in [-0.39, 0.29) is 6.04 Å². The molecule has 2 aliphatic heterocycles. The third-order valence-corrected chi connectivity index (χ3v) is 10.9. The fourth-order valence-corrected chi connectivity index (χ4v) is 8.22. The molecule has 0 radical (unpaired) electrons. The van der Waals surface area contributed by atoms with Gasteiger partial charge in [-0.2, -0.15) is 0 Å². The highest BCUT2D eigenvalue weighted by Gasteiger charge is 2.39. The van der Waals surface area contributed by atoms with Crippen molar-refractivity contribution in [2.45, 2.75) is 6.04 Å². The van der Waals surface area contributed by atoms with Crippen LogP contribution in [-0.2, 0) is 0 Å². The Balaban J connectivity index is 1.23. The van der Waals surface area contributed by atoms with E-state index in [2.05, 4.69) is 240 Å². The lowest BCUT2D eigenvalue weighted by molar-refractivity contribution is 0.405. The molecule has 3 heteroatoms. The van der Waals surface area contributed by atoms with E-state index < -0.39 is 0 Å². The van der Waals surface area contributed by atoms with Gasteiger partial charge in [-0.15, -0.1) is 0 Å². The zero-order valence-corrected chi connectivity index (χ0v) is 30.8. The summed E-state index contributed by atoms with van der Waals surface area (Å²) in [7, 11) is 0. The van der Waals surface area contributed by atoms with Gasteiger partial charge in [-0.25, -0.2) is 5.43 Å². The summed E-state index contributed by atoms with van der Waals surface area (Å²) < 4.78 is 0. The molecular formula is C53H39N3. The minimum absolute atomic E-state index is 0.0560. The molecule has 0 bridgehead atoms. The lowest BCUT2D eigenvalue weighted by Crippen LogP contribution is -2.33. The van der Waals surface area contributed by atoms with Crippen LogP contribution in [0.2, 0.25) is 0 Å². The second-order valence-corrected chi connectivity index (χ2v) is 14.2. The molecule has 0 spiro atoms. The molecule has 3 nitrogen and oxygen atoms in total. The van der Waals surface area contributed by atoms with Crippen LogP contribution >= 0.6 is 0 Å². The first-order chi connectivity index (χ1) is 27.8. The van der Waals surface area contributed by atoms with Gasteiger partial charge in [0, 0.05) is 28.1 Å². The maximum absolute atomic E-state index is 3.98. The Morgan fingerprint density at radius 3 is 1.57 bits per heavy atom. The van der Waals surface area contributed by atoms with Gasteiger partial charge in [0.1, 0.15) is 0 Å². The molecule has 0 aromatic heterocycles. The number of nitrogens with one attached hydrogen (secondary N) is 1. The summed E-state index contributed by atoms with van der Waals surface area (Å²) in [6, 6.07) is 78.3. The molecule has 10 rings (SSSR count). The predicted molar refractivity (Wildman–Crippen MR) is 234 cm³/mol. The lowest BCUT2D eigenvalue weighted by atomic mass is 9.87. The van der Waals surface area contributed by atoms with Crippen LogP contribution in [0.3, 0.4) is 0 Å². The summed E-state index contributed by atoms with van der Waals surface area (Å²) in [5, 5.41) is 2.33. The van der Waals surface area contributed by atoms with Gasteiger partial charge in [0.25, 0.3) is 0 Å². The molecular weight excluding hydrogens is 679 g/mol. The Morgan fingerprint density at radius 1 is 0.411 bits per heavy atom. The predicted octanol–water partition coefficient (Wildman–Crippen LogP) is 13.4. The molecule has 0 amide bonds. The zero-order valence-electron chi connectivity index (χ0n) is 30.8. The SMILES string of the molecule is C1=C(c2ccccc2)N2NC(c3ccccc3)C(c3ccccc3)=C2c2cccc(N(c3ccc(-c4ccccc4)cc3)c3cccc(-c4ccccc4)c3)c21. The van der Waals surface area contributed by atoms with Gasteiger partial charge in [-0.3, -0.25) is 5.01 Å². The molecule has 1 N–H and O–H groups in total. The summed E-state index contributed by atoms with van der Waals surface area (Å²) in [5.74, 6) is 0. The van der Waals surface area contributed by atoms with Crippen LogP contribution < -0.4 is 10.3 Å². The average molecular weight is 718 g/mol. The monoisotopic (exact) mass is 717 g/mol. The van der Waals surface area contributed by atoms with Crippen molar-refractivity contribution in [3.8, 4) is 22.3 Å². The van der Waals surface area contributed by atoms with Crippen molar-refractivity contribution >= 4 is 40.1 Å². The molecule has 8 aromatic carbocycles. The fraction of sp³-hybridized carbons (Fsp3) is 0.0189. The molecule has 1 atom stereocenters. The molecule has 0 aliphatic carbocycles. The van der Waals surface area contributed by atoms with E-state index in [0.29, 0.717) is 0 Å². The number of benzene rings is 8. The van der Waals surface area contributed by atoms with Crippen molar-refractivity contribution in [2.75, 3.05) is 4.90 Å². The highest BCUT2D eigenvalue weighted by molar-refractivity contribution is 6.07. The van der Waals surface area contributed by atoms with E-state index in [9.17, 15) is 0 Å². The van der Waals surface area contributed by atoms with Gasteiger partial charge in [0.15, 0.2) is 0 Å². The van der Waals surface area contributed by atoms with Crippen molar-refractivity contribution in [3.63, 3.8) is 0 Å². The third kappa shape index (κ3) is 6.11. The first-order valence-corrected chi connectivity index (χ1v) is 19.2. The first kappa shape index (κ1) is 33.4. The minimum Gasteiger partial charge on any atom is -0.310 e. The summed E-state index contributed by atoms with van der Waals surface area (Å²) in [5.41, 5.74) is 21.4. The molecule has 0 fully saturated rings. The maximum Gasteiger partial charge on any atom is 0.0793 e. The van der Waals surface area contributed by atoms with Gasteiger partial charge >= 0.3 is 0 Å². The normalized spacial score (nSPS) is 14.5. The molecule has 0 saturated heterocycles. The van der Waals surface area contributed by atoms with Crippen molar-refractivity contribution in [1.82, 2.24) is 10.4 Å². The smallest absolute Gasteiger partial charge is 0.0793 e. The Hall–Kier alpha value is -7.20. The van der Waals surface area contributed by atoms with Crippen LogP contribution in [-0.4, -0.2) is 5.01 Å². The molecule has 56 heavy (non-hydrogen) atoms. The van der Waals surface area contributed by atoms with E-state index in [4.69, 9.17) is 0 Å². The van der Waals surface area contributed by atoms with E-state index >= 15 is 0 Å². The van der Waals surface area contributed by atoms with Crippen molar-refractivity contribution in [3.05, 3.63) is 246 Å². The summed E-state index contributed by atoms with van der Waals surface area (Å²) >= 11 is 0. The summed E-state index contributed by atoms with van der Waals surface area (Å²) in [6.07, 6.45) is 2.37. The van der Waals surface area contributed by atoms with E-state index in [1.807, 2.05) is 0 Å². The maximum atomic E-state index is 3.98. The lowest BCUT2D eigenvalue weighted by Gasteiger charge is -2.35. The molecule has 2 aliphatic rings. The van der Waals surface area contributed by atoms with Crippen LogP contribution in [0.4, 0.5) is 17.1 Å². The number of nitrogens with zero attached hydrogens (tertiary/aromatic N) is 2. The van der Waals surface area contributed by atoms with E-state index in [0.717, 1.165) is 28.3 Å². The van der Waals surface area contributed by atoms with Gasteiger partial charge in [0.2, 0.25) is 0 Å². The van der Waals surface area contributed by atoms with Gasteiger partial charge < -0.3 is 4.90 Å². The van der Waals surface area contributed by atoms with Crippen LogP contribution in [0.5, 0.6) is 0 Å².